The number of carbonyl (C=O) groups excluding carboxylic acids is 4. The highest BCUT2D eigenvalue weighted by Crippen LogP contribution is 2.53. The molecule has 9 nitrogen and oxygen atoms in total. The first-order valence-corrected chi connectivity index (χ1v) is 11.0. The lowest BCUT2D eigenvalue weighted by Crippen LogP contribution is -2.58. The number of ketones is 3. The van der Waals surface area contributed by atoms with Gasteiger partial charge in [0.15, 0.2) is 17.2 Å². The smallest absolute Gasteiger partial charge is 0.255 e. The number of benzene rings is 1. The largest absolute Gasteiger partial charge is 0.508 e. The van der Waals surface area contributed by atoms with Gasteiger partial charge in [0.05, 0.1) is 5.56 Å². The number of Topliss-reactive ketones (excluding diaryl/α,β-unsaturated/α-hetero) is 3. The van der Waals surface area contributed by atoms with Crippen LogP contribution >= 0.6 is 0 Å². The van der Waals surface area contributed by atoms with Crippen molar-refractivity contribution in [2.45, 2.75) is 58.0 Å². The van der Waals surface area contributed by atoms with E-state index in [2.05, 4.69) is 0 Å². The molecule has 0 aliphatic heterocycles. The predicted octanol–water partition coefficient (Wildman–Crippen LogP) is 1.92. The minimum atomic E-state index is -2.61. The van der Waals surface area contributed by atoms with E-state index in [0.717, 1.165) is 0 Å². The topological polar surface area (TPSA) is 175 Å². The van der Waals surface area contributed by atoms with Crippen LogP contribution in [0.1, 0.15) is 67.6 Å². The van der Waals surface area contributed by atoms with Crippen LogP contribution in [0, 0.1) is 11.8 Å². The van der Waals surface area contributed by atoms with E-state index in [1.54, 1.807) is 6.07 Å². The summed E-state index contributed by atoms with van der Waals surface area (Å²) in [6.45, 7) is 6.83. The van der Waals surface area contributed by atoms with E-state index < -0.39 is 63.8 Å². The van der Waals surface area contributed by atoms with Crippen LogP contribution in [0.25, 0.3) is 5.76 Å². The molecule has 9 heteroatoms. The molecule has 0 bridgehead atoms. The van der Waals surface area contributed by atoms with Crippen LogP contribution in [0.2, 0.25) is 0 Å². The second-order valence-electron chi connectivity index (χ2n) is 10.4. The first-order chi connectivity index (χ1) is 15.6. The Hall–Kier alpha value is -3.46. The van der Waals surface area contributed by atoms with Crippen molar-refractivity contribution in [3.63, 3.8) is 0 Å². The zero-order chi connectivity index (χ0) is 25.5. The van der Waals surface area contributed by atoms with Crippen LogP contribution < -0.4 is 5.73 Å². The molecule has 34 heavy (non-hydrogen) atoms. The molecule has 3 aliphatic carbocycles. The van der Waals surface area contributed by atoms with Crippen LogP contribution in [0.3, 0.4) is 0 Å². The molecule has 1 amide bonds. The number of hydrogen-bond donors (Lipinski definition) is 5. The van der Waals surface area contributed by atoms with Gasteiger partial charge in [-0.2, -0.15) is 0 Å². The Morgan fingerprint density at radius 2 is 1.74 bits per heavy atom. The summed E-state index contributed by atoms with van der Waals surface area (Å²) < 4.78 is 0. The molecule has 0 heterocycles. The second kappa shape index (κ2) is 7.27. The summed E-state index contributed by atoms with van der Waals surface area (Å²) >= 11 is 0. The van der Waals surface area contributed by atoms with Gasteiger partial charge in [0.2, 0.25) is 5.78 Å². The fraction of sp³-hybridized carbons (Fsp3) is 0.440. The minimum Gasteiger partial charge on any atom is -0.508 e. The Morgan fingerprint density at radius 1 is 1.12 bits per heavy atom. The highest BCUT2D eigenvalue weighted by Gasteiger charge is 2.60. The van der Waals surface area contributed by atoms with Gasteiger partial charge in [-0.1, -0.05) is 20.8 Å². The van der Waals surface area contributed by atoms with Gasteiger partial charge in [-0.25, -0.2) is 0 Å². The first kappa shape index (κ1) is 23.7. The maximum atomic E-state index is 13.6. The Morgan fingerprint density at radius 3 is 2.26 bits per heavy atom. The number of carbonyl (C=O) groups is 4. The third-order valence-corrected chi connectivity index (χ3v) is 7.25. The Bertz CT molecular complexity index is 1260. The first-order valence-electron chi connectivity index (χ1n) is 11.0. The lowest BCUT2D eigenvalue weighted by Gasteiger charge is -2.46. The number of aliphatic hydroxyl groups is 3. The summed E-state index contributed by atoms with van der Waals surface area (Å²) in [5.74, 6) is -7.13. The molecule has 1 saturated carbocycles. The van der Waals surface area contributed by atoms with Crippen LogP contribution in [-0.2, 0) is 26.2 Å². The van der Waals surface area contributed by atoms with Gasteiger partial charge >= 0.3 is 0 Å². The number of hydrogen-bond acceptors (Lipinski definition) is 8. The molecule has 3 unspecified atom stereocenters. The maximum absolute atomic E-state index is 13.6. The number of primary amides is 1. The molecule has 6 N–H and O–H groups in total. The quantitative estimate of drug-likeness (QED) is 0.322. The molecule has 1 aromatic rings. The van der Waals surface area contributed by atoms with Crippen molar-refractivity contribution in [1.29, 1.82) is 0 Å². The van der Waals surface area contributed by atoms with E-state index in [1.807, 2.05) is 20.8 Å². The van der Waals surface area contributed by atoms with Crippen LogP contribution in [0.15, 0.2) is 23.0 Å². The SMILES string of the molecule is CC(=O)c1cc(C(C)(C)C)c(O)c2c1CC1CC3CC(=O)C(C(N)=O)=C(O)C3(O)C(=O)C1=C2O. The Labute approximate surface area is 195 Å². The maximum Gasteiger partial charge on any atom is 0.255 e. The van der Waals surface area contributed by atoms with E-state index in [-0.39, 0.29) is 35.5 Å². The molecule has 180 valence electrons. The van der Waals surface area contributed by atoms with Crippen molar-refractivity contribution >= 4 is 29.0 Å². The number of phenolic OH excluding ortho intramolecular Hbond substituents is 1. The van der Waals surface area contributed by atoms with E-state index in [0.29, 0.717) is 16.7 Å². The van der Waals surface area contributed by atoms with Gasteiger partial charge in [0.25, 0.3) is 5.91 Å². The van der Waals surface area contributed by atoms with E-state index >= 15 is 0 Å². The number of amides is 1. The highest BCUT2D eigenvalue weighted by atomic mass is 16.3. The van der Waals surface area contributed by atoms with Gasteiger partial charge in [-0.15, -0.1) is 0 Å². The molecule has 3 aliphatic rings. The van der Waals surface area contributed by atoms with Gasteiger partial charge in [0.1, 0.15) is 22.8 Å². The third-order valence-electron chi connectivity index (χ3n) is 7.25. The second-order valence-corrected chi connectivity index (χ2v) is 10.4. The van der Waals surface area contributed by atoms with Crippen molar-refractivity contribution in [2.75, 3.05) is 0 Å². The van der Waals surface area contributed by atoms with Crippen LogP contribution in [0.5, 0.6) is 5.75 Å². The fourth-order valence-corrected chi connectivity index (χ4v) is 5.57. The normalized spacial score (nSPS) is 26.7. The Kier molecular flexibility index (Phi) is 5.06. The van der Waals surface area contributed by atoms with E-state index in [9.17, 15) is 39.6 Å². The lowest BCUT2D eigenvalue weighted by molar-refractivity contribution is -0.147. The van der Waals surface area contributed by atoms with Crippen molar-refractivity contribution < 1.29 is 39.6 Å². The van der Waals surface area contributed by atoms with Crippen molar-refractivity contribution in [3.05, 3.63) is 45.2 Å². The molecule has 4 rings (SSSR count). The van der Waals surface area contributed by atoms with Crippen molar-refractivity contribution in [2.24, 2.45) is 17.6 Å². The van der Waals surface area contributed by atoms with Gasteiger partial charge in [0, 0.05) is 29.0 Å². The summed E-state index contributed by atoms with van der Waals surface area (Å²) in [4.78, 5) is 50.2. The Balaban J connectivity index is 2.01. The van der Waals surface area contributed by atoms with E-state index in [4.69, 9.17) is 5.73 Å². The fourth-order valence-electron chi connectivity index (χ4n) is 5.57. The van der Waals surface area contributed by atoms with Crippen LogP contribution in [-0.4, -0.2) is 49.3 Å². The standard InChI is InChI=1S/C25H27NO8/c1-9(27)12-8-14(24(2,3)4)19(29)17-13(12)6-10-5-11-7-15(28)18(23(26)33)22(32)25(11,34)21(31)16(10)20(17)30/h8,10-11,29-30,32,34H,5-7H2,1-4H3,(H2,26,33). The zero-order valence-corrected chi connectivity index (χ0v) is 19.4. The monoisotopic (exact) mass is 469 g/mol. The third kappa shape index (κ3) is 3.03. The van der Waals surface area contributed by atoms with Gasteiger partial charge < -0.3 is 26.2 Å². The number of rotatable bonds is 2. The summed E-state index contributed by atoms with van der Waals surface area (Å²) in [6, 6.07) is 1.59. The van der Waals surface area contributed by atoms with Crippen LogP contribution in [0.4, 0.5) is 0 Å². The number of aliphatic hydroxyl groups excluding tert-OH is 2. The number of phenols is 1. The number of fused-ring (bicyclic) bond motifs is 3. The van der Waals surface area contributed by atoms with Crippen molar-refractivity contribution in [1.82, 2.24) is 0 Å². The molecular formula is C25H27NO8. The zero-order valence-electron chi connectivity index (χ0n) is 19.4. The number of nitrogens with two attached hydrogens (primary N) is 1. The predicted molar refractivity (Wildman–Crippen MR) is 120 cm³/mol. The highest BCUT2D eigenvalue weighted by molar-refractivity contribution is 6.22. The average molecular weight is 469 g/mol. The molecule has 0 saturated heterocycles. The van der Waals surface area contributed by atoms with E-state index in [1.165, 1.54) is 6.92 Å². The molecule has 0 spiro atoms. The molecular weight excluding hydrogens is 442 g/mol. The van der Waals surface area contributed by atoms with Gasteiger partial charge in [-0.3, -0.25) is 19.2 Å². The summed E-state index contributed by atoms with van der Waals surface area (Å²) in [5.41, 5.74) is 1.91. The summed E-state index contributed by atoms with van der Waals surface area (Å²) in [6.07, 6.45) is -0.279. The molecule has 0 radical (unpaired) electrons. The summed E-state index contributed by atoms with van der Waals surface area (Å²) in [5, 5.41) is 44.2. The van der Waals surface area contributed by atoms with Gasteiger partial charge in [-0.05, 0) is 42.7 Å². The lowest BCUT2D eigenvalue weighted by atomic mass is 9.59. The van der Waals surface area contributed by atoms with Crippen molar-refractivity contribution in [3.8, 4) is 5.75 Å². The number of aromatic hydroxyl groups is 1. The average Bonchev–Trinajstić information content (AvgIpc) is 2.69. The molecule has 0 aromatic heterocycles. The molecule has 1 fully saturated rings. The minimum absolute atomic E-state index is 0.0159. The molecule has 1 aromatic carbocycles. The summed E-state index contributed by atoms with van der Waals surface area (Å²) in [7, 11) is 0. The molecule has 3 atom stereocenters.